The minimum atomic E-state index is -0.409. The molecule has 0 saturated carbocycles. The van der Waals surface area contributed by atoms with Crippen LogP contribution in [-0.4, -0.2) is 44.9 Å². The van der Waals surface area contributed by atoms with Crippen LogP contribution in [0, 0.1) is 17.1 Å². The molecule has 7 heteroatoms. The topological polar surface area (TPSA) is 77.4 Å². The van der Waals surface area contributed by atoms with E-state index in [1.54, 1.807) is 19.2 Å². The van der Waals surface area contributed by atoms with Gasteiger partial charge in [-0.05, 0) is 38.0 Å². The molecule has 0 aliphatic carbocycles. The first-order valence-electron chi connectivity index (χ1n) is 8.05. The normalized spacial score (nSPS) is 18.6. The monoisotopic (exact) mass is 334 g/mol. The number of ether oxygens (including phenoxy) is 1. The molecule has 1 aliphatic rings. The van der Waals surface area contributed by atoms with E-state index in [9.17, 15) is 9.18 Å². The lowest BCUT2D eigenvalue weighted by Gasteiger charge is -2.35. The van der Waals surface area contributed by atoms with Crippen molar-refractivity contribution in [2.24, 2.45) is 0 Å². The number of nitrogens with one attached hydrogen (secondary N) is 2. The molecule has 0 unspecified atom stereocenters. The first-order chi connectivity index (χ1) is 11.5. The summed E-state index contributed by atoms with van der Waals surface area (Å²) in [6.07, 6.45) is 1.66. The number of rotatable bonds is 5. The Hall–Kier alpha value is -2.33. The highest BCUT2D eigenvalue weighted by Crippen LogP contribution is 2.24. The highest BCUT2D eigenvalue weighted by atomic mass is 19.1. The third-order valence-electron chi connectivity index (χ3n) is 4.13. The van der Waals surface area contributed by atoms with Gasteiger partial charge in [0, 0.05) is 32.8 Å². The van der Waals surface area contributed by atoms with Crippen molar-refractivity contribution in [2.45, 2.75) is 31.9 Å². The van der Waals surface area contributed by atoms with E-state index >= 15 is 0 Å². The minimum absolute atomic E-state index is 0.0494. The van der Waals surface area contributed by atoms with Crippen molar-refractivity contribution in [3.05, 3.63) is 29.6 Å². The van der Waals surface area contributed by atoms with E-state index in [4.69, 9.17) is 10.00 Å². The Morgan fingerprint density at radius 1 is 1.58 bits per heavy atom. The Morgan fingerprint density at radius 3 is 3.04 bits per heavy atom. The zero-order valence-corrected chi connectivity index (χ0v) is 14.0. The smallest absolute Gasteiger partial charge is 0.315 e. The minimum Gasteiger partial charge on any atom is -0.380 e. The third kappa shape index (κ3) is 4.83. The summed E-state index contributed by atoms with van der Waals surface area (Å²) < 4.78 is 19.2. The Morgan fingerprint density at radius 2 is 2.38 bits per heavy atom. The van der Waals surface area contributed by atoms with Gasteiger partial charge in [-0.15, -0.1) is 0 Å². The first kappa shape index (κ1) is 18.0. The van der Waals surface area contributed by atoms with Gasteiger partial charge >= 0.3 is 6.03 Å². The van der Waals surface area contributed by atoms with Gasteiger partial charge in [-0.3, -0.25) is 0 Å². The maximum absolute atomic E-state index is 14.2. The summed E-state index contributed by atoms with van der Waals surface area (Å²) in [5.41, 5.74) is 0.767. The van der Waals surface area contributed by atoms with Crippen LogP contribution in [0.2, 0.25) is 0 Å². The second kappa shape index (κ2) is 8.50. The summed E-state index contributed by atoms with van der Waals surface area (Å²) in [4.78, 5) is 13.8. The molecule has 1 heterocycles. The van der Waals surface area contributed by atoms with Gasteiger partial charge in [0.2, 0.25) is 0 Å². The largest absolute Gasteiger partial charge is 0.380 e. The first-order valence-corrected chi connectivity index (χ1v) is 8.05. The number of benzene rings is 1. The summed E-state index contributed by atoms with van der Waals surface area (Å²) in [5.74, 6) is -0.409. The van der Waals surface area contributed by atoms with E-state index in [-0.39, 0.29) is 18.2 Å². The summed E-state index contributed by atoms with van der Waals surface area (Å²) in [7, 11) is 1.59. The highest BCUT2D eigenvalue weighted by molar-refractivity contribution is 5.74. The van der Waals surface area contributed by atoms with E-state index in [2.05, 4.69) is 10.6 Å². The van der Waals surface area contributed by atoms with Crippen LogP contribution in [0.5, 0.6) is 0 Å². The number of halogens is 1. The molecule has 1 saturated heterocycles. The standard InChI is InChI=1S/C17H23FN4O2/c1-12(24-2)10-20-17(23)21-14-4-3-7-22(11-14)16-6-5-13(9-19)8-15(16)18/h5-6,8,12,14H,3-4,7,10-11H2,1-2H3,(H2,20,21,23)/t12-,14+/m1/s1. The average Bonchev–Trinajstić information content (AvgIpc) is 2.59. The zero-order chi connectivity index (χ0) is 17.5. The Balaban J connectivity index is 1.92. The molecule has 1 aromatic rings. The lowest BCUT2D eigenvalue weighted by atomic mass is 10.0. The molecule has 1 fully saturated rings. The van der Waals surface area contributed by atoms with Crippen LogP contribution in [-0.2, 0) is 4.74 Å². The van der Waals surface area contributed by atoms with Gasteiger partial charge in [0.15, 0.2) is 0 Å². The number of carbonyl (C=O) groups excluding carboxylic acids is 1. The number of carbonyl (C=O) groups is 1. The van der Waals surface area contributed by atoms with Crippen molar-refractivity contribution in [1.29, 1.82) is 5.26 Å². The number of nitrogens with zero attached hydrogens (tertiary/aromatic N) is 2. The highest BCUT2D eigenvalue weighted by Gasteiger charge is 2.23. The van der Waals surface area contributed by atoms with E-state index in [0.29, 0.717) is 24.3 Å². The number of nitriles is 1. The fraction of sp³-hybridized carbons (Fsp3) is 0.529. The van der Waals surface area contributed by atoms with Crippen molar-refractivity contribution in [3.63, 3.8) is 0 Å². The van der Waals surface area contributed by atoms with Gasteiger partial charge in [0.1, 0.15) is 5.82 Å². The zero-order valence-electron chi connectivity index (χ0n) is 14.0. The maximum atomic E-state index is 14.2. The SMILES string of the molecule is CO[C@H](C)CNC(=O)N[C@H]1CCCN(c2ccc(C#N)cc2F)C1. The number of methoxy groups -OCH3 is 1. The Bertz CT molecular complexity index is 617. The molecule has 2 atom stereocenters. The van der Waals surface area contributed by atoms with Gasteiger partial charge in [0.05, 0.1) is 23.4 Å². The number of piperidine rings is 1. The van der Waals surface area contributed by atoms with Crippen LogP contribution in [0.3, 0.4) is 0 Å². The molecule has 1 aromatic carbocycles. The quantitative estimate of drug-likeness (QED) is 0.863. The molecular weight excluding hydrogens is 311 g/mol. The number of amides is 2. The second-order valence-electron chi connectivity index (χ2n) is 5.96. The lowest BCUT2D eigenvalue weighted by Crippen LogP contribution is -2.51. The number of anilines is 1. The number of urea groups is 1. The molecule has 24 heavy (non-hydrogen) atoms. The molecule has 6 nitrogen and oxygen atoms in total. The van der Waals surface area contributed by atoms with Gasteiger partial charge < -0.3 is 20.3 Å². The number of hydrogen-bond donors (Lipinski definition) is 2. The fourth-order valence-corrected chi connectivity index (χ4v) is 2.70. The molecule has 1 aliphatic heterocycles. The Labute approximate surface area is 141 Å². The lowest BCUT2D eigenvalue weighted by molar-refractivity contribution is 0.118. The van der Waals surface area contributed by atoms with Crippen LogP contribution >= 0.6 is 0 Å². The molecule has 130 valence electrons. The third-order valence-corrected chi connectivity index (χ3v) is 4.13. The van der Waals surface area contributed by atoms with E-state index < -0.39 is 5.82 Å². The van der Waals surface area contributed by atoms with Crippen LogP contribution in [0.4, 0.5) is 14.9 Å². The van der Waals surface area contributed by atoms with Gasteiger partial charge in [-0.25, -0.2) is 9.18 Å². The molecule has 2 rings (SSSR count). The van der Waals surface area contributed by atoms with Gasteiger partial charge in [0.25, 0.3) is 0 Å². The van der Waals surface area contributed by atoms with E-state index in [1.807, 2.05) is 17.9 Å². The van der Waals surface area contributed by atoms with E-state index in [1.165, 1.54) is 6.07 Å². The average molecular weight is 334 g/mol. The molecule has 0 aromatic heterocycles. The van der Waals surface area contributed by atoms with E-state index in [0.717, 1.165) is 19.4 Å². The van der Waals surface area contributed by atoms with Crippen molar-refractivity contribution in [1.82, 2.24) is 10.6 Å². The number of hydrogen-bond acceptors (Lipinski definition) is 4. The predicted octanol–water partition coefficient (Wildman–Crippen LogP) is 2.00. The maximum Gasteiger partial charge on any atom is 0.315 e. The van der Waals surface area contributed by atoms with Crippen molar-refractivity contribution >= 4 is 11.7 Å². The molecule has 0 radical (unpaired) electrons. The molecular formula is C17H23FN4O2. The second-order valence-corrected chi connectivity index (χ2v) is 5.96. The summed E-state index contributed by atoms with van der Waals surface area (Å²) >= 11 is 0. The summed E-state index contributed by atoms with van der Waals surface area (Å²) in [6, 6.07) is 6.10. The van der Waals surface area contributed by atoms with Crippen LogP contribution < -0.4 is 15.5 Å². The van der Waals surface area contributed by atoms with Crippen molar-refractivity contribution in [2.75, 3.05) is 31.6 Å². The van der Waals surface area contributed by atoms with Crippen LogP contribution in [0.25, 0.3) is 0 Å². The summed E-state index contributed by atoms with van der Waals surface area (Å²) in [6.45, 7) is 3.57. The summed E-state index contributed by atoms with van der Waals surface area (Å²) in [5, 5.41) is 14.5. The molecule has 2 amide bonds. The van der Waals surface area contributed by atoms with Crippen molar-refractivity contribution in [3.8, 4) is 6.07 Å². The molecule has 2 N–H and O–H groups in total. The molecule has 0 spiro atoms. The predicted molar refractivity (Wildman–Crippen MR) is 89.4 cm³/mol. The van der Waals surface area contributed by atoms with Crippen LogP contribution in [0.15, 0.2) is 18.2 Å². The fourth-order valence-electron chi connectivity index (χ4n) is 2.70. The molecule has 0 bridgehead atoms. The van der Waals surface area contributed by atoms with Crippen LogP contribution in [0.1, 0.15) is 25.3 Å². The van der Waals surface area contributed by atoms with Gasteiger partial charge in [-0.1, -0.05) is 0 Å². The van der Waals surface area contributed by atoms with Gasteiger partial charge in [-0.2, -0.15) is 5.26 Å². The Kier molecular flexibility index (Phi) is 6.38. The van der Waals surface area contributed by atoms with Crippen molar-refractivity contribution < 1.29 is 13.9 Å².